The number of sulfonamides is 1. The molecule has 2 rings (SSSR count). The SMILES string of the molecule is Cc1cc(O)c(/C=N/C(=S)Nc2ccc(S(N)(=O)=O)cc2)c(=O)o1. The molecule has 0 unspecified atom stereocenters. The van der Waals surface area contributed by atoms with Crippen molar-refractivity contribution >= 4 is 39.3 Å². The number of nitrogens with one attached hydrogen (secondary N) is 1. The number of aryl methyl sites for hydroxylation is 1. The summed E-state index contributed by atoms with van der Waals surface area (Å²) in [6, 6.07) is 6.82. The van der Waals surface area contributed by atoms with E-state index in [0.717, 1.165) is 6.21 Å². The number of rotatable bonds is 3. The van der Waals surface area contributed by atoms with Gasteiger partial charge in [-0.15, -0.1) is 0 Å². The Balaban J connectivity index is 2.13. The number of aliphatic imine (C=N–C) groups is 1. The first kappa shape index (κ1) is 17.8. The Labute approximate surface area is 142 Å². The van der Waals surface area contributed by atoms with E-state index in [1.54, 1.807) is 0 Å². The molecule has 1 aromatic carbocycles. The molecule has 126 valence electrons. The van der Waals surface area contributed by atoms with Gasteiger partial charge < -0.3 is 14.8 Å². The Kier molecular flexibility index (Phi) is 5.12. The molecule has 10 heteroatoms. The van der Waals surface area contributed by atoms with Crippen molar-refractivity contribution in [1.82, 2.24) is 0 Å². The molecule has 1 aromatic heterocycles. The van der Waals surface area contributed by atoms with Gasteiger partial charge in [0.15, 0.2) is 5.11 Å². The van der Waals surface area contributed by atoms with Gasteiger partial charge in [-0.2, -0.15) is 0 Å². The fraction of sp³-hybridized carbons (Fsp3) is 0.0714. The highest BCUT2D eigenvalue weighted by Crippen LogP contribution is 2.14. The Bertz CT molecular complexity index is 963. The smallest absolute Gasteiger partial charge is 0.348 e. The first-order valence-electron chi connectivity index (χ1n) is 6.48. The lowest BCUT2D eigenvalue weighted by molar-refractivity contribution is 0.433. The van der Waals surface area contributed by atoms with Gasteiger partial charge in [-0.05, 0) is 43.4 Å². The van der Waals surface area contributed by atoms with E-state index in [9.17, 15) is 18.3 Å². The second-order valence-corrected chi connectivity index (χ2v) is 6.65. The fourth-order valence-corrected chi connectivity index (χ4v) is 2.42. The zero-order chi connectivity index (χ0) is 17.9. The lowest BCUT2D eigenvalue weighted by atomic mass is 10.2. The van der Waals surface area contributed by atoms with Crippen molar-refractivity contribution in [3.63, 3.8) is 0 Å². The molecule has 0 fully saturated rings. The summed E-state index contributed by atoms with van der Waals surface area (Å²) in [6.45, 7) is 1.53. The van der Waals surface area contributed by atoms with Crippen molar-refractivity contribution in [2.45, 2.75) is 11.8 Å². The van der Waals surface area contributed by atoms with E-state index in [4.69, 9.17) is 21.8 Å². The molecule has 4 N–H and O–H groups in total. The third-order valence-corrected chi connectivity index (χ3v) is 3.97. The first-order chi connectivity index (χ1) is 11.2. The van der Waals surface area contributed by atoms with Crippen LogP contribution in [0.3, 0.4) is 0 Å². The summed E-state index contributed by atoms with van der Waals surface area (Å²) in [5, 5.41) is 17.4. The van der Waals surface area contributed by atoms with Gasteiger partial charge in [0.25, 0.3) is 0 Å². The van der Waals surface area contributed by atoms with Crippen LogP contribution in [0.4, 0.5) is 5.69 Å². The van der Waals surface area contributed by atoms with Crippen molar-refractivity contribution < 1.29 is 17.9 Å². The van der Waals surface area contributed by atoms with E-state index in [0.29, 0.717) is 5.69 Å². The van der Waals surface area contributed by atoms with E-state index in [2.05, 4.69) is 10.3 Å². The zero-order valence-corrected chi connectivity index (χ0v) is 14.0. The zero-order valence-electron chi connectivity index (χ0n) is 12.4. The molecule has 0 radical (unpaired) electrons. The van der Waals surface area contributed by atoms with E-state index >= 15 is 0 Å². The number of anilines is 1. The summed E-state index contributed by atoms with van der Waals surface area (Å²) in [5.41, 5.74) is -0.393. The number of benzene rings is 1. The molecule has 24 heavy (non-hydrogen) atoms. The van der Waals surface area contributed by atoms with Gasteiger partial charge in [-0.25, -0.2) is 23.3 Å². The van der Waals surface area contributed by atoms with Crippen LogP contribution in [0.25, 0.3) is 0 Å². The Hall–Kier alpha value is -2.56. The number of hydrogen-bond acceptors (Lipinski definition) is 6. The minimum Gasteiger partial charge on any atom is -0.507 e. The van der Waals surface area contributed by atoms with Gasteiger partial charge in [0.2, 0.25) is 10.0 Å². The molecule has 2 aromatic rings. The van der Waals surface area contributed by atoms with Crippen molar-refractivity contribution in [3.8, 4) is 5.75 Å². The molecule has 8 nitrogen and oxygen atoms in total. The lowest BCUT2D eigenvalue weighted by Gasteiger charge is -2.05. The van der Waals surface area contributed by atoms with Gasteiger partial charge in [0, 0.05) is 18.0 Å². The second kappa shape index (κ2) is 6.91. The predicted molar refractivity (Wildman–Crippen MR) is 93.0 cm³/mol. The largest absolute Gasteiger partial charge is 0.507 e. The topological polar surface area (TPSA) is 135 Å². The van der Waals surface area contributed by atoms with Crippen LogP contribution in [-0.4, -0.2) is 24.9 Å². The maximum absolute atomic E-state index is 11.6. The Morgan fingerprint density at radius 3 is 2.54 bits per heavy atom. The molecule has 1 heterocycles. The fourth-order valence-electron chi connectivity index (χ4n) is 1.73. The highest BCUT2D eigenvalue weighted by Gasteiger charge is 2.08. The van der Waals surface area contributed by atoms with Gasteiger partial charge in [-0.1, -0.05) is 0 Å². The second-order valence-electron chi connectivity index (χ2n) is 4.70. The molecule has 0 bridgehead atoms. The molecule has 0 amide bonds. The molecule has 0 aliphatic heterocycles. The van der Waals surface area contributed by atoms with Crippen LogP contribution in [0, 0.1) is 6.92 Å². The number of nitrogens with two attached hydrogens (primary N) is 1. The summed E-state index contributed by atoms with van der Waals surface area (Å²) < 4.78 is 27.2. The number of hydrogen-bond donors (Lipinski definition) is 3. The van der Waals surface area contributed by atoms with Gasteiger partial charge in [0.1, 0.15) is 17.1 Å². The molecular formula is C14H13N3O5S2. The van der Waals surface area contributed by atoms with Crippen LogP contribution in [0.2, 0.25) is 0 Å². The predicted octanol–water partition coefficient (Wildman–Crippen LogP) is 1.12. The molecule has 0 aliphatic rings. The Morgan fingerprint density at radius 1 is 1.38 bits per heavy atom. The molecule has 0 atom stereocenters. The number of nitrogens with zero attached hydrogens (tertiary/aromatic N) is 1. The van der Waals surface area contributed by atoms with Crippen molar-refractivity contribution in [1.29, 1.82) is 0 Å². The summed E-state index contributed by atoms with van der Waals surface area (Å²) in [5.74, 6) is -0.00176. The number of primary sulfonamides is 1. The van der Waals surface area contributed by atoms with Gasteiger partial charge >= 0.3 is 5.63 Å². The summed E-state index contributed by atoms with van der Waals surface area (Å²) in [4.78, 5) is 15.4. The summed E-state index contributed by atoms with van der Waals surface area (Å²) in [6.07, 6.45) is 1.08. The van der Waals surface area contributed by atoms with Crippen LogP contribution in [0.15, 0.2) is 49.4 Å². The van der Waals surface area contributed by atoms with Gasteiger partial charge in [0.05, 0.1) is 4.90 Å². The molecular weight excluding hydrogens is 354 g/mol. The molecule has 0 saturated heterocycles. The quantitative estimate of drug-likeness (QED) is 0.546. The monoisotopic (exact) mass is 367 g/mol. The number of aromatic hydroxyl groups is 1. The molecule has 0 spiro atoms. The van der Waals surface area contributed by atoms with Crippen LogP contribution >= 0.6 is 12.2 Å². The van der Waals surface area contributed by atoms with Crippen LogP contribution < -0.4 is 16.1 Å². The normalized spacial score (nSPS) is 11.6. The highest BCUT2D eigenvalue weighted by atomic mass is 32.2. The average Bonchev–Trinajstić information content (AvgIpc) is 2.45. The molecule has 0 saturated carbocycles. The van der Waals surface area contributed by atoms with Crippen molar-refractivity contribution in [3.05, 3.63) is 52.1 Å². The highest BCUT2D eigenvalue weighted by molar-refractivity contribution is 7.89. The lowest BCUT2D eigenvalue weighted by Crippen LogP contribution is -2.13. The van der Waals surface area contributed by atoms with Crippen molar-refractivity contribution in [2.24, 2.45) is 10.1 Å². The average molecular weight is 367 g/mol. The summed E-state index contributed by atoms with van der Waals surface area (Å²) >= 11 is 4.99. The minimum atomic E-state index is -3.77. The van der Waals surface area contributed by atoms with E-state index < -0.39 is 15.6 Å². The molecule has 0 aliphatic carbocycles. The number of thiocarbonyl (C=S) groups is 1. The minimum absolute atomic E-state index is 0.00210. The third-order valence-electron chi connectivity index (χ3n) is 2.83. The van der Waals surface area contributed by atoms with Crippen molar-refractivity contribution in [2.75, 3.05) is 5.32 Å². The maximum atomic E-state index is 11.6. The van der Waals surface area contributed by atoms with E-state index in [1.165, 1.54) is 37.3 Å². The van der Waals surface area contributed by atoms with Crippen LogP contribution in [-0.2, 0) is 10.0 Å². The summed E-state index contributed by atoms with van der Waals surface area (Å²) in [7, 11) is -3.77. The maximum Gasteiger partial charge on any atom is 0.348 e. The first-order valence-corrected chi connectivity index (χ1v) is 8.44. The van der Waals surface area contributed by atoms with E-state index in [-0.39, 0.29) is 27.1 Å². The van der Waals surface area contributed by atoms with E-state index in [1.807, 2.05) is 0 Å². The van der Waals surface area contributed by atoms with Gasteiger partial charge in [-0.3, -0.25) is 0 Å². The standard InChI is InChI=1S/C14H13N3O5S2/c1-8-6-12(18)11(13(19)22-8)7-16-14(23)17-9-2-4-10(5-3-9)24(15,20)21/h2-7,18H,1H3,(H,17,23)(H2,15,20,21)/b16-7+. The third kappa shape index (κ3) is 4.47. The Morgan fingerprint density at radius 2 is 2.00 bits per heavy atom. The van der Waals surface area contributed by atoms with Crippen LogP contribution in [0.5, 0.6) is 5.75 Å². The van der Waals surface area contributed by atoms with Crippen LogP contribution in [0.1, 0.15) is 11.3 Å².